The molecule has 8 nitrogen and oxygen atoms in total. The maximum Gasteiger partial charge on any atom is 0.348 e. The number of carboxylic acids is 1. The summed E-state index contributed by atoms with van der Waals surface area (Å²) in [5, 5.41) is 12.6. The van der Waals surface area contributed by atoms with Crippen molar-refractivity contribution in [1.29, 1.82) is 0 Å². The van der Waals surface area contributed by atoms with Gasteiger partial charge in [-0.05, 0) is 106 Å². The number of likely N-dealkylation sites (tertiary alicyclic amines) is 1. The molecular weight excluding hydrogens is 590 g/mol. The lowest BCUT2D eigenvalue weighted by molar-refractivity contribution is -0.138. The maximum absolute atomic E-state index is 15.8. The summed E-state index contributed by atoms with van der Waals surface area (Å²) in [4.78, 5) is 45.4. The number of carbonyl (C=O) groups excluding carboxylic acids is 1. The molecule has 2 aromatic carbocycles. The molecule has 1 saturated heterocycles. The van der Waals surface area contributed by atoms with E-state index in [9.17, 15) is 23.9 Å². The van der Waals surface area contributed by atoms with E-state index in [1.54, 1.807) is 39.1 Å². The summed E-state index contributed by atoms with van der Waals surface area (Å²) in [5.41, 5.74) is 4.63. The van der Waals surface area contributed by atoms with Gasteiger partial charge in [-0.3, -0.25) is 19.1 Å². The maximum atomic E-state index is 15.8. The Balaban J connectivity index is 1.70. The molecule has 2 N–H and O–H groups in total. The fourth-order valence-electron chi connectivity index (χ4n) is 6.69. The van der Waals surface area contributed by atoms with Gasteiger partial charge >= 0.3 is 11.7 Å². The Morgan fingerprint density at radius 2 is 1.67 bits per heavy atom. The molecule has 4 rings (SSSR count). The number of aromatic nitrogens is 2. The van der Waals surface area contributed by atoms with Gasteiger partial charge in [0.15, 0.2) is 0 Å². The average Bonchev–Trinajstić information content (AvgIpc) is 2.90. The molecule has 0 unspecified atom stereocenters. The second kappa shape index (κ2) is 13.8. The van der Waals surface area contributed by atoms with Crippen LogP contribution in [0.2, 0.25) is 0 Å². The number of aryl methyl sites for hydroxylation is 5. The summed E-state index contributed by atoms with van der Waals surface area (Å²) < 4.78 is 31.1. The van der Waals surface area contributed by atoms with Crippen molar-refractivity contribution in [2.45, 2.75) is 92.4 Å². The summed E-state index contributed by atoms with van der Waals surface area (Å²) in [6.45, 7) is 16.0. The van der Waals surface area contributed by atoms with Crippen LogP contribution < -0.4 is 11.0 Å². The molecule has 1 fully saturated rings. The van der Waals surface area contributed by atoms with Crippen LogP contribution in [0.1, 0.15) is 84.8 Å². The van der Waals surface area contributed by atoms with Crippen LogP contribution in [0.15, 0.2) is 35.3 Å². The second-order valence-corrected chi connectivity index (χ2v) is 13.7. The molecular formula is C36H46F2N4O4. The van der Waals surface area contributed by atoms with Crippen LogP contribution in [0.4, 0.5) is 8.78 Å². The molecule has 1 amide bonds. The standard InChI is InChI=1S/C36H46F2N4O4/c1-20(2)11-30(42-17-26(25(7)39-35(42)46)9-10-41-18-36(8,38)19-41)34(45)40-29(16-31(43)44)28-15-27(14-24(6)33(28)37)32-22(4)12-21(3)13-23(32)5/h12-15,17,20,29-30H,9-11,16,18-19H2,1-8H3,(H,40,45)(H,43,44)/t29-,30-/m0/s1. The minimum atomic E-state index is -1.21. The number of hydrogen-bond acceptors (Lipinski definition) is 5. The summed E-state index contributed by atoms with van der Waals surface area (Å²) in [7, 11) is 0. The molecule has 46 heavy (non-hydrogen) atoms. The number of nitrogens with one attached hydrogen (secondary N) is 1. The van der Waals surface area contributed by atoms with Crippen molar-refractivity contribution in [3.05, 3.63) is 85.8 Å². The van der Waals surface area contributed by atoms with Crippen molar-refractivity contribution in [3.8, 4) is 11.1 Å². The van der Waals surface area contributed by atoms with Crippen LogP contribution >= 0.6 is 0 Å². The van der Waals surface area contributed by atoms with Gasteiger partial charge in [0.05, 0.1) is 12.5 Å². The number of amides is 1. The lowest BCUT2D eigenvalue weighted by Gasteiger charge is -2.42. The van der Waals surface area contributed by atoms with Crippen LogP contribution in [-0.2, 0) is 16.0 Å². The number of carboxylic acid groups (broad SMARTS) is 1. The first-order valence-corrected chi connectivity index (χ1v) is 15.9. The number of hydrogen-bond donors (Lipinski definition) is 2. The van der Waals surface area contributed by atoms with Crippen LogP contribution in [0.25, 0.3) is 11.1 Å². The first kappa shape index (κ1) is 34.9. The van der Waals surface area contributed by atoms with Crippen molar-refractivity contribution >= 4 is 11.9 Å². The minimum Gasteiger partial charge on any atom is -0.481 e. The Kier molecular flexibility index (Phi) is 10.5. The van der Waals surface area contributed by atoms with Crippen LogP contribution in [0, 0.1) is 46.4 Å². The lowest BCUT2D eigenvalue weighted by Crippen LogP contribution is -2.57. The van der Waals surface area contributed by atoms with E-state index in [0.29, 0.717) is 37.3 Å². The van der Waals surface area contributed by atoms with Crippen molar-refractivity contribution in [2.75, 3.05) is 19.6 Å². The van der Waals surface area contributed by atoms with Crippen LogP contribution in [-0.4, -0.2) is 56.7 Å². The number of aliphatic carboxylic acids is 1. The Morgan fingerprint density at radius 3 is 2.24 bits per heavy atom. The molecule has 0 bridgehead atoms. The highest BCUT2D eigenvalue weighted by Gasteiger charge is 2.38. The predicted octanol–water partition coefficient (Wildman–Crippen LogP) is 6.10. The zero-order valence-corrected chi connectivity index (χ0v) is 28.1. The second-order valence-electron chi connectivity index (χ2n) is 13.7. The fraction of sp³-hybridized carbons (Fsp3) is 0.500. The quantitative estimate of drug-likeness (QED) is 0.249. The molecule has 1 aromatic heterocycles. The molecule has 0 aliphatic carbocycles. The van der Waals surface area contributed by atoms with E-state index in [1.165, 1.54) is 4.57 Å². The Bertz CT molecular complexity index is 1670. The number of rotatable bonds is 12. The third-order valence-electron chi connectivity index (χ3n) is 8.70. The number of benzene rings is 2. The summed E-state index contributed by atoms with van der Waals surface area (Å²) in [6.07, 6.45) is 1.86. The van der Waals surface area contributed by atoms with Gasteiger partial charge in [-0.2, -0.15) is 4.98 Å². The van der Waals surface area contributed by atoms with Gasteiger partial charge in [0.2, 0.25) is 5.91 Å². The molecule has 0 saturated carbocycles. The highest BCUT2D eigenvalue weighted by atomic mass is 19.1. The number of alkyl halides is 1. The van der Waals surface area contributed by atoms with Crippen molar-refractivity contribution in [2.24, 2.45) is 5.92 Å². The van der Waals surface area contributed by atoms with Gasteiger partial charge in [-0.25, -0.2) is 13.6 Å². The smallest absolute Gasteiger partial charge is 0.348 e. The number of halogens is 2. The van der Waals surface area contributed by atoms with E-state index in [4.69, 9.17) is 0 Å². The fourth-order valence-corrected chi connectivity index (χ4v) is 6.69. The molecule has 2 heterocycles. The number of nitrogens with zero attached hydrogens (tertiary/aromatic N) is 3. The minimum absolute atomic E-state index is 0.0107. The largest absolute Gasteiger partial charge is 0.481 e. The molecule has 3 aromatic rings. The van der Waals surface area contributed by atoms with Gasteiger partial charge in [0.1, 0.15) is 17.5 Å². The molecule has 0 radical (unpaired) electrons. The van der Waals surface area contributed by atoms with E-state index < -0.39 is 47.6 Å². The average molecular weight is 637 g/mol. The first-order valence-electron chi connectivity index (χ1n) is 15.9. The molecule has 248 valence electrons. The predicted molar refractivity (Wildman–Crippen MR) is 175 cm³/mol. The first-order chi connectivity index (χ1) is 21.5. The topological polar surface area (TPSA) is 105 Å². The highest BCUT2D eigenvalue weighted by molar-refractivity contribution is 5.82. The van der Waals surface area contributed by atoms with Crippen molar-refractivity contribution < 1.29 is 23.5 Å². The van der Waals surface area contributed by atoms with Gasteiger partial charge in [-0.1, -0.05) is 31.5 Å². The lowest BCUT2D eigenvalue weighted by atomic mass is 9.89. The molecule has 10 heteroatoms. The monoisotopic (exact) mass is 636 g/mol. The van der Waals surface area contributed by atoms with E-state index in [0.717, 1.165) is 33.4 Å². The normalized spacial score (nSPS) is 15.8. The van der Waals surface area contributed by atoms with E-state index in [-0.39, 0.29) is 17.9 Å². The summed E-state index contributed by atoms with van der Waals surface area (Å²) in [5.74, 6) is -2.41. The Hall–Kier alpha value is -3.92. The third-order valence-corrected chi connectivity index (χ3v) is 8.70. The van der Waals surface area contributed by atoms with Gasteiger partial charge in [0, 0.05) is 37.1 Å². The Labute approximate surface area is 269 Å². The van der Waals surface area contributed by atoms with Crippen LogP contribution in [0.5, 0.6) is 0 Å². The zero-order valence-electron chi connectivity index (χ0n) is 28.1. The van der Waals surface area contributed by atoms with Gasteiger partial charge < -0.3 is 10.4 Å². The summed E-state index contributed by atoms with van der Waals surface area (Å²) in [6, 6.07) is 5.22. The van der Waals surface area contributed by atoms with Crippen LogP contribution in [0.3, 0.4) is 0 Å². The zero-order chi connectivity index (χ0) is 34.1. The molecule has 1 aliphatic rings. The van der Waals surface area contributed by atoms with E-state index in [2.05, 4.69) is 10.3 Å². The van der Waals surface area contributed by atoms with Gasteiger partial charge in [0.25, 0.3) is 0 Å². The van der Waals surface area contributed by atoms with Gasteiger partial charge in [-0.15, -0.1) is 0 Å². The van der Waals surface area contributed by atoms with Crippen molar-refractivity contribution in [1.82, 2.24) is 19.8 Å². The van der Waals surface area contributed by atoms with E-state index >= 15 is 4.39 Å². The van der Waals surface area contributed by atoms with Crippen molar-refractivity contribution in [3.63, 3.8) is 0 Å². The molecule has 0 spiro atoms. The molecule has 2 atom stereocenters. The number of carbonyl (C=O) groups is 2. The van der Waals surface area contributed by atoms with E-state index in [1.807, 2.05) is 51.7 Å². The SMILES string of the molecule is Cc1cc(C)c(-c2cc(C)c(F)c([C@H](CC(=O)O)NC(=O)[C@H](CC(C)C)n3cc(CCN4CC(C)(F)C4)c(C)nc3=O)c2)c(C)c1. The highest BCUT2D eigenvalue weighted by Crippen LogP contribution is 2.34. The Morgan fingerprint density at radius 1 is 1.04 bits per heavy atom. The third kappa shape index (κ3) is 8.07. The molecule has 1 aliphatic heterocycles. The summed E-state index contributed by atoms with van der Waals surface area (Å²) >= 11 is 0.